The summed E-state index contributed by atoms with van der Waals surface area (Å²) in [5.74, 6) is 1.67. The summed E-state index contributed by atoms with van der Waals surface area (Å²) in [5, 5.41) is 0. The summed E-state index contributed by atoms with van der Waals surface area (Å²) >= 11 is 0. The standard InChI is InChI=1S/C28H32/c1-3-21-13-15-23(16-14-21)25-17-18-27(24-10-6-5-7-11-24)28(20-25)26-12-8-9-22(4-2)19-26/h5-12,17-21,23H,3-4,13-16H2,1-2H3. The zero-order chi connectivity index (χ0) is 19.3. The molecular formula is C28H32. The molecule has 0 amide bonds. The average molecular weight is 369 g/mol. The van der Waals surface area contributed by atoms with Crippen LogP contribution in [-0.4, -0.2) is 0 Å². The Morgan fingerprint density at radius 2 is 1.43 bits per heavy atom. The van der Waals surface area contributed by atoms with Crippen LogP contribution < -0.4 is 0 Å². The second kappa shape index (κ2) is 8.78. The molecule has 3 aromatic carbocycles. The third-order valence-electron chi connectivity index (χ3n) is 6.67. The molecule has 0 N–H and O–H groups in total. The Labute approximate surface area is 170 Å². The minimum atomic E-state index is 0.723. The molecule has 0 saturated heterocycles. The molecular weight excluding hydrogens is 336 g/mol. The molecule has 1 fully saturated rings. The van der Waals surface area contributed by atoms with Crippen LogP contribution in [0.1, 0.15) is 63.0 Å². The van der Waals surface area contributed by atoms with Crippen LogP contribution in [0.25, 0.3) is 22.3 Å². The van der Waals surface area contributed by atoms with Crippen LogP contribution >= 0.6 is 0 Å². The molecule has 0 heteroatoms. The minimum absolute atomic E-state index is 0.723. The predicted octanol–water partition coefficient (Wildman–Crippen LogP) is 8.27. The maximum absolute atomic E-state index is 2.49. The fourth-order valence-corrected chi connectivity index (χ4v) is 4.79. The lowest BCUT2D eigenvalue weighted by Gasteiger charge is -2.28. The Bertz CT molecular complexity index is 898. The quantitative estimate of drug-likeness (QED) is 0.425. The molecule has 144 valence electrons. The van der Waals surface area contributed by atoms with Crippen molar-refractivity contribution < 1.29 is 0 Å². The van der Waals surface area contributed by atoms with Gasteiger partial charge in [-0.2, -0.15) is 0 Å². The second-order valence-corrected chi connectivity index (χ2v) is 8.35. The van der Waals surface area contributed by atoms with Crippen molar-refractivity contribution in [1.29, 1.82) is 0 Å². The van der Waals surface area contributed by atoms with Gasteiger partial charge in [0.25, 0.3) is 0 Å². The van der Waals surface area contributed by atoms with Gasteiger partial charge < -0.3 is 0 Å². The molecule has 0 nitrogen and oxygen atoms in total. The molecule has 0 heterocycles. The Kier molecular flexibility index (Phi) is 5.95. The van der Waals surface area contributed by atoms with Gasteiger partial charge in [0.05, 0.1) is 0 Å². The van der Waals surface area contributed by atoms with Crippen molar-refractivity contribution >= 4 is 0 Å². The zero-order valence-electron chi connectivity index (χ0n) is 17.3. The van der Waals surface area contributed by atoms with Crippen molar-refractivity contribution in [3.05, 3.63) is 83.9 Å². The van der Waals surface area contributed by atoms with Crippen LogP contribution in [0.5, 0.6) is 0 Å². The first-order valence-electron chi connectivity index (χ1n) is 11.1. The third-order valence-corrected chi connectivity index (χ3v) is 6.67. The molecule has 0 aliphatic heterocycles. The van der Waals surface area contributed by atoms with E-state index in [9.17, 15) is 0 Å². The Balaban J connectivity index is 1.75. The molecule has 1 saturated carbocycles. The van der Waals surface area contributed by atoms with E-state index in [0.29, 0.717) is 0 Å². The van der Waals surface area contributed by atoms with Gasteiger partial charge in [-0.3, -0.25) is 0 Å². The van der Waals surface area contributed by atoms with Gasteiger partial charge in [0.1, 0.15) is 0 Å². The molecule has 0 unspecified atom stereocenters. The largest absolute Gasteiger partial charge is 0.0651 e. The van der Waals surface area contributed by atoms with Crippen LogP contribution in [0.15, 0.2) is 72.8 Å². The number of benzene rings is 3. The second-order valence-electron chi connectivity index (χ2n) is 8.35. The smallest absolute Gasteiger partial charge is 0.0102 e. The SMILES string of the molecule is CCc1cccc(-c2cc(C3CCC(CC)CC3)ccc2-c2ccccc2)c1. The van der Waals surface area contributed by atoms with Gasteiger partial charge >= 0.3 is 0 Å². The van der Waals surface area contributed by atoms with Crippen molar-refractivity contribution in [2.75, 3.05) is 0 Å². The van der Waals surface area contributed by atoms with Gasteiger partial charge in [-0.25, -0.2) is 0 Å². The van der Waals surface area contributed by atoms with Crippen LogP contribution in [0.2, 0.25) is 0 Å². The maximum atomic E-state index is 2.49. The number of rotatable bonds is 5. The molecule has 0 aromatic heterocycles. The van der Waals surface area contributed by atoms with Gasteiger partial charge in [-0.15, -0.1) is 0 Å². The van der Waals surface area contributed by atoms with Crippen LogP contribution in [0, 0.1) is 5.92 Å². The average Bonchev–Trinajstić information content (AvgIpc) is 2.79. The van der Waals surface area contributed by atoms with E-state index in [-0.39, 0.29) is 0 Å². The fraction of sp³-hybridized carbons (Fsp3) is 0.357. The summed E-state index contributed by atoms with van der Waals surface area (Å²) in [6, 6.07) is 27.2. The lowest BCUT2D eigenvalue weighted by molar-refractivity contribution is 0.319. The van der Waals surface area contributed by atoms with E-state index in [4.69, 9.17) is 0 Å². The van der Waals surface area contributed by atoms with E-state index < -0.39 is 0 Å². The molecule has 0 spiro atoms. The first-order chi connectivity index (χ1) is 13.8. The normalized spacial score (nSPS) is 19.5. The zero-order valence-corrected chi connectivity index (χ0v) is 17.3. The van der Waals surface area contributed by atoms with Crippen molar-refractivity contribution in [3.63, 3.8) is 0 Å². The van der Waals surface area contributed by atoms with E-state index in [1.807, 2.05) is 0 Å². The lowest BCUT2D eigenvalue weighted by Crippen LogP contribution is -2.12. The highest BCUT2D eigenvalue weighted by atomic mass is 14.3. The summed E-state index contributed by atoms with van der Waals surface area (Å²) in [6.07, 6.45) is 7.89. The van der Waals surface area contributed by atoms with Crippen LogP contribution in [-0.2, 0) is 6.42 Å². The van der Waals surface area contributed by atoms with Crippen molar-refractivity contribution in [2.24, 2.45) is 5.92 Å². The summed E-state index contributed by atoms with van der Waals surface area (Å²) in [5.41, 5.74) is 8.33. The van der Waals surface area contributed by atoms with E-state index >= 15 is 0 Å². The molecule has 4 rings (SSSR count). The van der Waals surface area contributed by atoms with Gasteiger partial charge in [0, 0.05) is 0 Å². The topological polar surface area (TPSA) is 0 Å². The monoisotopic (exact) mass is 368 g/mol. The summed E-state index contributed by atoms with van der Waals surface area (Å²) in [4.78, 5) is 0. The first kappa shape index (κ1) is 19.0. The van der Waals surface area contributed by atoms with E-state index in [0.717, 1.165) is 18.3 Å². The van der Waals surface area contributed by atoms with E-state index in [1.165, 1.54) is 65.5 Å². The van der Waals surface area contributed by atoms with Crippen molar-refractivity contribution in [2.45, 2.75) is 58.3 Å². The van der Waals surface area contributed by atoms with Crippen molar-refractivity contribution in [1.82, 2.24) is 0 Å². The summed E-state index contributed by atoms with van der Waals surface area (Å²) < 4.78 is 0. The highest BCUT2D eigenvalue weighted by Gasteiger charge is 2.22. The first-order valence-corrected chi connectivity index (χ1v) is 11.1. The van der Waals surface area contributed by atoms with Crippen molar-refractivity contribution in [3.8, 4) is 22.3 Å². The molecule has 0 bridgehead atoms. The highest BCUT2D eigenvalue weighted by molar-refractivity contribution is 5.84. The Morgan fingerprint density at radius 3 is 2.14 bits per heavy atom. The maximum Gasteiger partial charge on any atom is -0.0102 e. The fourth-order valence-electron chi connectivity index (χ4n) is 4.79. The van der Waals surface area contributed by atoms with Crippen LogP contribution in [0.3, 0.4) is 0 Å². The Hall–Kier alpha value is -2.34. The van der Waals surface area contributed by atoms with Gasteiger partial charge in [-0.1, -0.05) is 93.1 Å². The van der Waals surface area contributed by atoms with Crippen LogP contribution in [0.4, 0.5) is 0 Å². The highest BCUT2D eigenvalue weighted by Crippen LogP contribution is 2.40. The molecule has 0 radical (unpaired) electrons. The minimum Gasteiger partial charge on any atom is -0.0651 e. The molecule has 1 aliphatic carbocycles. The lowest BCUT2D eigenvalue weighted by atomic mass is 9.77. The summed E-state index contributed by atoms with van der Waals surface area (Å²) in [7, 11) is 0. The number of hydrogen-bond acceptors (Lipinski definition) is 0. The molecule has 28 heavy (non-hydrogen) atoms. The molecule has 1 aliphatic rings. The predicted molar refractivity (Wildman–Crippen MR) is 122 cm³/mol. The van der Waals surface area contributed by atoms with E-state index in [2.05, 4.69) is 86.6 Å². The molecule has 0 atom stereocenters. The van der Waals surface area contributed by atoms with Gasteiger partial charge in [0.2, 0.25) is 0 Å². The number of hydrogen-bond donors (Lipinski definition) is 0. The van der Waals surface area contributed by atoms with Gasteiger partial charge in [0.15, 0.2) is 0 Å². The van der Waals surface area contributed by atoms with E-state index in [1.54, 1.807) is 0 Å². The summed E-state index contributed by atoms with van der Waals surface area (Å²) in [6.45, 7) is 4.58. The molecule has 3 aromatic rings. The third kappa shape index (κ3) is 4.07. The number of aryl methyl sites for hydroxylation is 1. The van der Waals surface area contributed by atoms with Gasteiger partial charge in [-0.05, 0) is 77.3 Å². The Morgan fingerprint density at radius 1 is 0.679 bits per heavy atom.